The lowest BCUT2D eigenvalue weighted by Gasteiger charge is -2.22. The normalized spacial score (nSPS) is 12.1. The van der Waals surface area contributed by atoms with E-state index in [-0.39, 0.29) is 12.2 Å². The summed E-state index contributed by atoms with van der Waals surface area (Å²) in [7, 11) is 0. The van der Waals surface area contributed by atoms with Crippen LogP contribution in [0.15, 0.2) is 54.6 Å². The van der Waals surface area contributed by atoms with Crippen LogP contribution in [0.1, 0.15) is 42.3 Å². The molecule has 2 rings (SSSR count). The standard InChI is InChI=1S/C21H24N2O4/c1-21(2,3)27-20(26)23-17(19(22)25)13-14-9-11-16(12-10-14)18(24)15-7-5-4-6-8-15/h4-12,17H,13H2,1-3H3,(H2,22,25)(H,23,26)/t17-/m0/s1. The van der Waals surface area contributed by atoms with Crippen molar-refractivity contribution < 1.29 is 19.1 Å². The van der Waals surface area contributed by atoms with Crippen molar-refractivity contribution in [3.63, 3.8) is 0 Å². The molecule has 27 heavy (non-hydrogen) atoms. The maximum Gasteiger partial charge on any atom is 0.408 e. The first-order chi connectivity index (χ1) is 12.7. The van der Waals surface area contributed by atoms with Crippen LogP contribution in [0.5, 0.6) is 0 Å². The van der Waals surface area contributed by atoms with Crippen molar-refractivity contribution in [2.24, 2.45) is 5.73 Å². The lowest BCUT2D eigenvalue weighted by molar-refractivity contribution is -0.120. The highest BCUT2D eigenvalue weighted by Crippen LogP contribution is 2.13. The van der Waals surface area contributed by atoms with E-state index in [2.05, 4.69) is 5.32 Å². The van der Waals surface area contributed by atoms with E-state index in [0.717, 1.165) is 5.56 Å². The summed E-state index contributed by atoms with van der Waals surface area (Å²) in [5.74, 6) is -0.745. The molecule has 6 nitrogen and oxygen atoms in total. The molecular formula is C21H24N2O4. The quantitative estimate of drug-likeness (QED) is 0.766. The van der Waals surface area contributed by atoms with Gasteiger partial charge in [-0.1, -0.05) is 54.6 Å². The zero-order valence-electron chi connectivity index (χ0n) is 15.7. The Morgan fingerprint density at radius 3 is 2.04 bits per heavy atom. The lowest BCUT2D eigenvalue weighted by atomic mass is 9.99. The molecule has 0 radical (unpaired) electrons. The molecule has 142 valence electrons. The first-order valence-corrected chi connectivity index (χ1v) is 8.63. The molecule has 0 heterocycles. The summed E-state index contributed by atoms with van der Waals surface area (Å²) in [6, 6.07) is 14.9. The molecule has 2 amide bonds. The van der Waals surface area contributed by atoms with Gasteiger partial charge in [0.05, 0.1) is 0 Å². The zero-order chi connectivity index (χ0) is 20.0. The molecule has 0 aliphatic carbocycles. The smallest absolute Gasteiger partial charge is 0.408 e. The molecule has 0 unspecified atom stereocenters. The maximum atomic E-state index is 12.4. The highest BCUT2D eigenvalue weighted by atomic mass is 16.6. The number of hydrogen-bond donors (Lipinski definition) is 2. The van der Waals surface area contributed by atoms with Crippen LogP contribution in [-0.2, 0) is 16.0 Å². The van der Waals surface area contributed by atoms with E-state index in [0.29, 0.717) is 11.1 Å². The second-order valence-electron chi connectivity index (χ2n) is 7.20. The molecular weight excluding hydrogens is 344 g/mol. The maximum absolute atomic E-state index is 12.4. The largest absolute Gasteiger partial charge is 0.444 e. The van der Waals surface area contributed by atoms with E-state index in [9.17, 15) is 14.4 Å². The molecule has 0 fully saturated rings. The number of primary amides is 1. The van der Waals surface area contributed by atoms with E-state index in [1.807, 2.05) is 6.07 Å². The predicted molar refractivity (Wildman–Crippen MR) is 102 cm³/mol. The fraction of sp³-hybridized carbons (Fsp3) is 0.286. The number of nitrogens with two attached hydrogens (primary N) is 1. The van der Waals surface area contributed by atoms with Gasteiger partial charge in [0.25, 0.3) is 0 Å². The Bertz CT molecular complexity index is 808. The van der Waals surface area contributed by atoms with Crippen molar-refractivity contribution in [3.05, 3.63) is 71.3 Å². The van der Waals surface area contributed by atoms with Gasteiger partial charge in [0, 0.05) is 17.5 Å². The number of carbonyl (C=O) groups excluding carboxylic acids is 3. The minimum absolute atomic E-state index is 0.0829. The van der Waals surface area contributed by atoms with Crippen LogP contribution >= 0.6 is 0 Å². The first-order valence-electron chi connectivity index (χ1n) is 8.63. The summed E-state index contributed by atoms with van der Waals surface area (Å²) in [6.07, 6.45) is -0.504. The number of amides is 2. The molecule has 0 aliphatic heterocycles. The van der Waals surface area contributed by atoms with Crippen molar-refractivity contribution in [2.45, 2.75) is 38.8 Å². The molecule has 0 saturated heterocycles. The number of carbonyl (C=O) groups is 3. The lowest BCUT2D eigenvalue weighted by Crippen LogP contribution is -2.47. The third kappa shape index (κ3) is 6.26. The molecule has 0 aromatic heterocycles. The van der Waals surface area contributed by atoms with Crippen LogP contribution < -0.4 is 11.1 Å². The van der Waals surface area contributed by atoms with Gasteiger partial charge in [-0.25, -0.2) is 4.79 Å². The SMILES string of the molecule is CC(C)(C)OC(=O)N[C@@H](Cc1ccc(C(=O)c2ccccc2)cc1)C(N)=O. The second kappa shape index (κ2) is 8.49. The van der Waals surface area contributed by atoms with Crippen molar-refractivity contribution in [1.29, 1.82) is 0 Å². The van der Waals surface area contributed by atoms with Crippen molar-refractivity contribution in [2.75, 3.05) is 0 Å². The van der Waals surface area contributed by atoms with Crippen LogP contribution in [0, 0.1) is 0 Å². The molecule has 6 heteroatoms. The average molecular weight is 368 g/mol. The third-order valence-electron chi connectivity index (χ3n) is 3.73. The van der Waals surface area contributed by atoms with E-state index in [1.54, 1.807) is 69.3 Å². The van der Waals surface area contributed by atoms with Crippen molar-refractivity contribution in [3.8, 4) is 0 Å². The van der Waals surface area contributed by atoms with E-state index >= 15 is 0 Å². The average Bonchev–Trinajstić information content (AvgIpc) is 2.60. The zero-order valence-corrected chi connectivity index (χ0v) is 15.7. The molecule has 2 aromatic carbocycles. The van der Waals surface area contributed by atoms with Gasteiger partial charge in [-0.2, -0.15) is 0 Å². The summed E-state index contributed by atoms with van der Waals surface area (Å²) in [5.41, 5.74) is 6.62. The van der Waals surface area contributed by atoms with Gasteiger partial charge in [-0.15, -0.1) is 0 Å². The molecule has 0 saturated carbocycles. The number of rotatable bonds is 6. The number of ketones is 1. The first kappa shape index (κ1) is 20.2. The Morgan fingerprint density at radius 2 is 1.52 bits per heavy atom. The van der Waals surface area contributed by atoms with Crippen molar-refractivity contribution in [1.82, 2.24) is 5.32 Å². The van der Waals surface area contributed by atoms with Crippen LogP contribution in [0.4, 0.5) is 4.79 Å². The molecule has 0 spiro atoms. The number of benzene rings is 2. The minimum Gasteiger partial charge on any atom is -0.444 e. The van der Waals surface area contributed by atoms with Crippen molar-refractivity contribution >= 4 is 17.8 Å². The molecule has 3 N–H and O–H groups in total. The second-order valence-corrected chi connectivity index (χ2v) is 7.20. The molecule has 2 aromatic rings. The Labute approximate surface area is 158 Å². The predicted octanol–water partition coefficient (Wildman–Crippen LogP) is 2.84. The van der Waals surface area contributed by atoms with E-state index < -0.39 is 23.6 Å². The number of hydrogen-bond acceptors (Lipinski definition) is 4. The van der Waals surface area contributed by atoms with Gasteiger partial charge in [-0.05, 0) is 26.3 Å². The Kier molecular flexibility index (Phi) is 6.34. The fourth-order valence-corrected chi connectivity index (χ4v) is 2.46. The number of nitrogens with one attached hydrogen (secondary N) is 1. The molecule has 0 bridgehead atoms. The van der Waals surface area contributed by atoms with Gasteiger partial charge in [0.1, 0.15) is 11.6 Å². The van der Waals surface area contributed by atoms with Crippen LogP contribution in [0.25, 0.3) is 0 Å². The molecule has 0 aliphatic rings. The van der Waals surface area contributed by atoms with Crippen LogP contribution in [0.2, 0.25) is 0 Å². The van der Waals surface area contributed by atoms with E-state index in [4.69, 9.17) is 10.5 Å². The monoisotopic (exact) mass is 368 g/mol. The summed E-state index contributed by atoms with van der Waals surface area (Å²) in [5, 5.41) is 2.48. The topological polar surface area (TPSA) is 98.5 Å². The summed E-state index contributed by atoms with van der Waals surface area (Å²) >= 11 is 0. The minimum atomic E-state index is -0.907. The van der Waals surface area contributed by atoms with Gasteiger partial charge >= 0.3 is 6.09 Å². The van der Waals surface area contributed by atoms with Gasteiger partial charge in [-0.3, -0.25) is 9.59 Å². The Morgan fingerprint density at radius 1 is 0.963 bits per heavy atom. The number of ether oxygens (including phenoxy) is 1. The highest BCUT2D eigenvalue weighted by Gasteiger charge is 2.23. The van der Waals surface area contributed by atoms with Gasteiger partial charge in [0.15, 0.2) is 5.78 Å². The Balaban J connectivity index is 2.05. The van der Waals surface area contributed by atoms with Crippen LogP contribution in [-0.4, -0.2) is 29.4 Å². The number of alkyl carbamates (subject to hydrolysis) is 1. The fourth-order valence-electron chi connectivity index (χ4n) is 2.46. The highest BCUT2D eigenvalue weighted by molar-refractivity contribution is 6.08. The van der Waals surface area contributed by atoms with Gasteiger partial charge in [0.2, 0.25) is 5.91 Å². The molecule has 1 atom stereocenters. The van der Waals surface area contributed by atoms with Crippen LogP contribution in [0.3, 0.4) is 0 Å². The Hall–Kier alpha value is -3.15. The summed E-state index contributed by atoms with van der Waals surface area (Å²) < 4.78 is 5.15. The summed E-state index contributed by atoms with van der Waals surface area (Å²) in [4.78, 5) is 36.0. The van der Waals surface area contributed by atoms with Gasteiger partial charge < -0.3 is 15.8 Å². The third-order valence-corrected chi connectivity index (χ3v) is 3.73. The summed E-state index contributed by atoms with van der Waals surface area (Å²) in [6.45, 7) is 5.19. The van der Waals surface area contributed by atoms with E-state index in [1.165, 1.54) is 0 Å².